The summed E-state index contributed by atoms with van der Waals surface area (Å²) in [5.41, 5.74) is 3.11. The molecule has 2 aromatic rings. The van der Waals surface area contributed by atoms with Crippen molar-refractivity contribution >= 4 is 23.3 Å². The first-order chi connectivity index (χ1) is 16.5. The Morgan fingerprint density at radius 1 is 1.14 bits per heavy atom. The monoisotopic (exact) mass is 485 g/mol. The van der Waals surface area contributed by atoms with Crippen molar-refractivity contribution in [2.45, 2.75) is 78.2 Å². The van der Waals surface area contributed by atoms with Crippen molar-refractivity contribution in [1.29, 1.82) is 0 Å². The van der Waals surface area contributed by atoms with Crippen molar-refractivity contribution in [1.82, 2.24) is 10.3 Å². The molecule has 1 aromatic carbocycles. The Hall–Kier alpha value is -3.03. The second-order valence-electron chi connectivity index (χ2n) is 10.7. The summed E-state index contributed by atoms with van der Waals surface area (Å²) in [4.78, 5) is 42.2. The van der Waals surface area contributed by atoms with Gasteiger partial charge in [0, 0.05) is 29.8 Å². The van der Waals surface area contributed by atoms with Crippen molar-refractivity contribution in [2.75, 3.05) is 5.32 Å². The van der Waals surface area contributed by atoms with Crippen LogP contribution in [-0.2, 0) is 17.6 Å². The first-order valence-electron chi connectivity index (χ1n) is 12.3. The molecule has 1 heterocycles. The van der Waals surface area contributed by atoms with E-state index in [-0.39, 0.29) is 23.5 Å². The third kappa shape index (κ3) is 6.16. The molecular weight excluding hydrogens is 452 g/mol. The molecule has 188 valence electrons. The minimum atomic E-state index is -2.43. The van der Waals surface area contributed by atoms with E-state index in [2.05, 4.69) is 15.6 Å². The highest BCUT2D eigenvalue weighted by molar-refractivity contribution is 6.06. The fraction of sp³-hybridized carbons (Fsp3) is 0.519. The van der Waals surface area contributed by atoms with Gasteiger partial charge in [-0.25, -0.2) is 8.78 Å². The molecule has 0 bridgehead atoms. The maximum atomic E-state index is 13.2. The van der Waals surface area contributed by atoms with E-state index in [1.165, 1.54) is 0 Å². The number of benzene rings is 1. The number of fused-ring (bicyclic) bond motifs is 1. The van der Waals surface area contributed by atoms with Crippen LogP contribution in [-0.4, -0.2) is 35.0 Å². The van der Waals surface area contributed by atoms with Gasteiger partial charge >= 0.3 is 0 Å². The molecule has 35 heavy (non-hydrogen) atoms. The number of Topliss-reactive ketones (excluding diaryl/α,β-unsaturated/α-hetero) is 1. The van der Waals surface area contributed by atoms with Gasteiger partial charge < -0.3 is 15.6 Å². The van der Waals surface area contributed by atoms with Crippen LogP contribution in [0, 0.1) is 18.3 Å². The van der Waals surface area contributed by atoms with E-state index in [0.29, 0.717) is 53.3 Å². The molecule has 8 heteroatoms. The predicted octanol–water partition coefficient (Wildman–Crippen LogP) is 5.21. The Morgan fingerprint density at radius 3 is 2.46 bits per heavy atom. The Labute approximate surface area is 204 Å². The molecule has 1 fully saturated rings. The molecule has 2 aliphatic rings. The lowest BCUT2D eigenvalue weighted by Crippen LogP contribution is -2.44. The topological polar surface area (TPSA) is 91.1 Å². The summed E-state index contributed by atoms with van der Waals surface area (Å²) in [6, 6.07) is 5.55. The van der Waals surface area contributed by atoms with Crippen LogP contribution in [0.4, 0.5) is 14.5 Å². The quantitative estimate of drug-likeness (QED) is 0.455. The maximum Gasteiger partial charge on any atom is 0.268 e. The molecule has 6 nitrogen and oxygen atoms in total. The highest BCUT2D eigenvalue weighted by atomic mass is 19.3. The Morgan fingerprint density at radius 2 is 1.83 bits per heavy atom. The van der Waals surface area contributed by atoms with Crippen LogP contribution < -0.4 is 10.6 Å². The molecule has 3 N–H and O–H groups in total. The fourth-order valence-electron chi connectivity index (χ4n) is 4.90. The number of alkyl halides is 2. The maximum absolute atomic E-state index is 13.2. The Balaban J connectivity index is 1.48. The number of amides is 2. The minimum Gasteiger partial charge on any atom is -0.354 e. The van der Waals surface area contributed by atoms with Crippen LogP contribution in [0.2, 0.25) is 0 Å². The Kier molecular flexibility index (Phi) is 7.10. The van der Waals surface area contributed by atoms with E-state index in [9.17, 15) is 23.2 Å². The lowest BCUT2D eigenvalue weighted by atomic mass is 9.75. The van der Waals surface area contributed by atoms with Crippen molar-refractivity contribution in [3.05, 3.63) is 52.3 Å². The normalized spacial score (nSPS) is 17.7. The van der Waals surface area contributed by atoms with Crippen molar-refractivity contribution in [3.8, 4) is 0 Å². The van der Waals surface area contributed by atoms with Crippen LogP contribution in [0.5, 0.6) is 0 Å². The number of nitrogens with one attached hydrogen (secondary N) is 3. The van der Waals surface area contributed by atoms with Crippen LogP contribution >= 0.6 is 0 Å². The number of anilines is 1. The minimum absolute atomic E-state index is 0.0300. The van der Waals surface area contributed by atoms with Crippen molar-refractivity contribution < 1.29 is 23.2 Å². The zero-order valence-electron chi connectivity index (χ0n) is 20.5. The van der Waals surface area contributed by atoms with Gasteiger partial charge in [0.05, 0.1) is 0 Å². The first kappa shape index (κ1) is 25.1. The van der Waals surface area contributed by atoms with E-state index in [1.807, 2.05) is 13.8 Å². The first-order valence-corrected chi connectivity index (χ1v) is 12.3. The molecule has 0 aliphatic heterocycles. The molecule has 1 saturated carbocycles. The van der Waals surface area contributed by atoms with Gasteiger partial charge in [0.2, 0.25) is 12.3 Å². The van der Waals surface area contributed by atoms with Gasteiger partial charge in [-0.15, -0.1) is 0 Å². The van der Waals surface area contributed by atoms with Gasteiger partial charge in [0.25, 0.3) is 5.91 Å². The number of aromatic amines is 1. The van der Waals surface area contributed by atoms with E-state index in [0.717, 1.165) is 25.0 Å². The number of hydrogen-bond acceptors (Lipinski definition) is 3. The molecule has 4 rings (SSSR count). The second-order valence-corrected chi connectivity index (χ2v) is 10.7. The largest absolute Gasteiger partial charge is 0.354 e. The number of rotatable bonds is 9. The average molecular weight is 486 g/mol. The Bertz CT molecular complexity index is 1120. The van der Waals surface area contributed by atoms with Gasteiger partial charge in [-0.05, 0) is 60.8 Å². The summed E-state index contributed by atoms with van der Waals surface area (Å²) in [6.07, 6.45) is 1.93. The highest BCUT2D eigenvalue weighted by Gasteiger charge is 2.36. The van der Waals surface area contributed by atoms with E-state index >= 15 is 0 Å². The number of hydrogen-bond donors (Lipinski definition) is 3. The van der Waals surface area contributed by atoms with Crippen molar-refractivity contribution in [2.24, 2.45) is 11.3 Å². The number of ketones is 1. The van der Waals surface area contributed by atoms with Crippen molar-refractivity contribution in [3.63, 3.8) is 0 Å². The zero-order valence-corrected chi connectivity index (χ0v) is 20.5. The summed E-state index contributed by atoms with van der Waals surface area (Å²) in [7, 11) is 0. The molecule has 0 radical (unpaired) electrons. The van der Waals surface area contributed by atoms with Crippen LogP contribution in [0.15, 0.2) is 24.3 Å². The lowest BCUT2D eigenvalue weighted by molar-refractivity contribution is -0.118. The molecule has 1 aromatic heterocycles. The van der Waals surface area contributed by atoms with Crippen LogP contribution in [0.3, 0.4) is 0 Å². The fourth-order valence-corrected chi connectivity index (χ4v) is 4.90. The molecule has 0 saturated heterocycles. The highest BCUT2D eigenvalue weighted by Crippen LogP contribution is 2.37. The molecule has 1 atom stereocenters. The smallest absolute Gasteiger partial charge is 0.268 e. The zero-order chi connectivity index (χ0) is 25.3. The standard InChI is InChI=1S/C27H33F2N3O3/c1-15-23-20(13-27(2,3)14-21(23)33)31-24(15)26(35)32-19(11-8-16-4-5-16)25(34)30-18-9-6-17(7-10-18)12-22(28)29/h6-7,9-10,16,19,22,31H,4-5,8,11-14H2,1-3H3,(H,30,34)(H,32,35). The summed E-state index contributed by atoms with van der Waals surface area (Å²) < 4.78 is 25.2. The summed E-state index contributed by atoms with van der Waals surface area (Å²) in [5.74, 6) is -0.157. The molecular formula is C27H33F2N3O3. The SMILES string of the molecule is Cc1c(C(=O)NC(CCC2CC2)C(=O)Nc2ccc(CC(F)F)cc2)[nH]c2c1C(=O)CC(C)(C)C2. The van der Waals surface area contributed by atoms with Gasteiger partial charge in [-0.1, -0.05) is 38.8 Å². The van der Waals surface area contributed by atoms with Gasteiger partial charge in [0.15, 0.2) is 5.78 Å². The van der Waals surface area contributed by atoms with Gasteiger partial charge in [-0.3, -0.25) is 14.4 Å². The summed E-state index contributed by atoms with van der Waals surface area (Å²) in [6.45, 7) is 5.82. The second kappa shape index (κ2) is 9.91. The molecule has 2 amide bonds. The van der Waals surface area contributed by atoms with Crippen LogP contribution in [0.1, 0.15) is 83.6 Å². The molecule has 0 spiro atoms. The van der Waals surface area contributed by atoms with E-state index in [1.54, 1.807) is 31.2 Å². The third-order valence-corrected chi connectivity index (χ3v) is 6.92. The summed E-state index contributed by atoms with van der Waals surface area (Å²) >= 11 is 0. The number of aromatic nitrogens is 1. The number of carbonyl (C=O) groups is 3. The van der Waals surface area contributed by atoms with Gasteiger partial charge in [-0.2, -0.15) is 0 Å². The van der Waals surface area contributed by atoms with E-state index in [4.69, 9.17) is 0 Å². The molecule has 2 aliphatic carbocycles. The van der Waals surface area contributed by atoms with E-state index < -0.39 is 18.4 Å². The summed E-state index contributed by atoms with van der Waals surface area (Å²) in [5, 5.41) is 5.67. The number of carbonyl (C=O) groups excluding carboxylic acids is 3. The average Bonchev–Trinajstić information content (AvgIpc) is 3.53. The molecule has 1 unspecified atom stereocenters. The number of halogens is 2. The number of H-pyrrole nitrogens is 1. The van der Waals surface area contributed by atoms with Crippen LogP contribution in [0.25, 0.3) is 0 Å². The third-order valence-electron chi connectivity index (χ3n) is 6.92. The predicted molar refractivity (Wildman–Crippen MR) is 130 cm³/mol. The van der Waals surface area contributed by atoms with Gasteiger partial charge in [0.1, 0.15) is 11.7 Å². The lowest BCUT2D eigenvalue weighted by Gasteiger charge is -2.28.